The maximum absolute atomic E-state index is 5.89. The molecule has 0 spiro atoms. The first kappa shape index (κ1) is 11.5. The van der Waals surface area contributed by atoms with Crippen LogP contribution in [0.4, 0.5) is 0 Å². The van der Waals surface area contributed by atoms with Gasteiger partial charge in [0.25, 0.3) is 0 Å². The molecule has 1 aliphatic carbocycles. The average molecular weight is 241 g/mol. The Bertz CT molecular complexity index is 499. The van der Waals surface area contributed by atoms with Gasteiger partial charge >= 0.3 is 0 Å². The molecule has 1 aromatic heterocycles. The van der Waals surface area contributed by atoms with E-state index in [9.17, 15) is 0 Å². The number of nitrogens with zero attached hydrogens (tertiary/aromatic N) is 2. The summed E-state index contributed by atoms with van der Waals surface area (Å²) in [6.45, 7) is 1.52. The predicted octanol–water partition coefficient (Wildman–Crippen LogP) is 2.50. The molecule has 3 heteroatoms. The van der Waals surface area contributed by atoms with E-state index in [0.29, 0.717) is 12.5 Å². The molecule has 2 N–H and O–H groups in total. The molecule has 18 heavy (non-hydrogen) atoms. The summed E-state index contributed by atoms with van der Waals surface area (Å²) >= 11 is 0. The van der Waals surface area contributed by atoms with Crippen LogP contribution in [0.2, 0.25) is 0 Å². The molecule has 1 aliphatic rings. The topological polar surface area (TPSA) is 43.8 Å². The lowest BCUT2D eigenvalue weighted by atomic mass is 9.99. The Balaban J connectivity index is 1.72. The largest absolute Gasteiger partial charge is 0.330 e. The Morgan fingerprint density at radius 1 is 1.22 bits per heavy atom. The Hall–Kier alpha value is -1.61. The molecule has 3 rings (SSSR count). The van der Waals surface area contributed by atoms with E-state index in [4.69, 9.17) is 5.73 Å². The fourth-order valence-electron chi connectivity index (χ4n) is 2.34. The molecule has 0 radical (unpaired) electrons. The van der Waals surface area contributed by atoms with E-state index < -0.39 is 0 Å². The molecule has 2 aromatic rings. The van der Waals surface area contributed by atoms with Crippen molar-refractivity contribution in [1.29, 1.82) is 0 Å². The number of benzene rings is 1. The molecule has 3 nitrogen and oxygen atoms in total. The highest BCUT2D eigenvalue weighted by molar-refractivity contribution is 5.20. The van der Waals surface area contributed by atoms with Gasteiger partial charge in [-0.25, -0.2) is 0 Å². The number of aromatic nitrogens is 2. The van der Waals surface area contributed by atoms with E-state index in [1.54, 1.807) is 0 Å². The van der Waals surface area contributed by atoms with E-state index >= 15 is 0 Å². The molecule has 0 amide bonds. The number of nitrogens with two attached hydrogens (primary N) is 1. The smallest absolute Gasteiger partial charge is 0.0655 e. The summed E-state index contributed by atoms with van der Waals surface area (Å²) in [4.78, 5) is 0. The van der Waals surface area contributed by atoms with Gasteiger partial charge in [-0.2, -0.15) is 5.10 Å². The third-order valence-corrected chi connectivity index (χ3v) is 3.62. The predicted molar refractivity (Wildman–Crippen MR) is 72.4 cm³/mol. The summed E-state index contributed by atoms with van der Waals surface area (Å²) in [6, 6.07) is 12.6. The van der Waals surface area contributed by atoms with Crippen molar-refractivity contribution in [3.05, 3.63) is 53.9 Å². The third-order valence-electron chi connectivity index (χ3n) is 3.62. The maximum Gasteiger partial charge on any atom is 0.0655 e. The van der Waals surface area contributed by atoms with Crippen molar-refractivity contribution >= 4 is 0 Å². The number of hydrogen-bond acceptors (Lipinski definition) is 2. The van der Waals surface area contributed by atoms with Crippen LogP contribution in [-0.2, 0) is 6.54 Å². The molecule has 1 fully saturated rings. The Labute approximate surface area is 108 Å². The van der Waals surface area contributed by atoms with Crippen LogP contribution in [0.1, 0.15) is 35.9 Å². The first-order valence-electron chi connectivity index (χ1n) is 6.65. The van der Waals surface area contributed by atoms with Gasteiger partial charge in [0.2, 0.25) is 0 Å². The summed E-state index contributed by atoms with van der Waals surface area (Å²) in [5, 5.41) is 4.65. The second-order valence-electron chi connectivity index (χ2n) is 5.08. The average Bonchev–Trinajstić information content (AvgIpc) is 3.17. The Morgan fingerprint density at radius 2 is 2.00 bits per heavy atom. The van der Waals surface area contributed by atoms with E-state index in [1.807, 2.05) is 10.7 Å². The van der Waals surface area contributed by atoms with Crippen LogP contribution in [0.3, 0.4) is 0 Å². The fraction of sp³-hybridized carbons (Fsp3) is 0.400. The normalized spacial score (nSPS) is 16.7. The van der Waals surface area contributed by atoms with Crippen molar-refractivity contribution in [3.8, 4) is 0 Å². The van der Waals surface area contributed by atoms with Gasteiger partial charge in [0, 0.05) is 31.1 Å². The summed E-state index contributed by atoms with van der Waals surface area (Å²) < 4.78 is 2.04. The lowest BCUT2D eigenvalue weighted by Crippen LogP contribution is -2.18. The SMILES string of the molecule is NCC(Cn1ccc(C2CC2)n1)c1ccccc1. The van der Waals surface area contributed by atoms with Crippen molar-refractivity contribution in [2.45, 2.75) is 31.2 Å². The quantitative estimate of drug-likeness (QED) is 0.874. The highest BCUT2D eigenvalue weighted by atomic mass is 15.3. The van der Waals surface area contributed by atoms with E-state index in [1.165, 1.54) is 24.1 Å². The van der Waals surface area contributed by atoms with Crippen LogP contribution in [0.5, 0.6) is 0 Å². The second kappa shape index (κ2) is 4.94. The zero-order valence-corrected chi connectivity index (χ0v) is 10.5. The minimum Gasteiger partial charge on any atom is -0.330 e. The molecule has 94 valence electrons. The zero-order valence-electron chi connectivity index (χ0n) is 10.5. The van der Waals surface area contributed by atoms with Gasteiger partial charge in [0.1, 0.15) is 0 Å². The molecule has 1 unspecified atom stereocenters. The molecule has 1 saturated carbocycles. The number of rotatable bonds is 5. The van der Waals surface area contributed by atoms with Gasteiger partial charge in [-0.3, -0.25) is 4.68 Å². The van der Waals surface area contributed by atoms with Gasteiger partial charge in [-0.15, -0.1) is 0 Å². The molecule has 1 atom stereocenters. The Kier molecular flexibility index (Phi) is 3.15. The van der Waals surface area contributed by atoms with Crippen LogP contribution < -0.4 is 5.73 Å². The minimum atomic E-state index is 0.346. The summed E-state index contributed by atoms with van der Waals surface area (Å²) in [5.74, 6) is 1.07. The Morgan fingerprint density at radius 3 is 2.67 bits per heavy atom. The van der Waals surface area contributed by atoms with E-state index in [-0.39, 0.29) is 0 Å². The van der Waals surface area contributed by atoms with Gasteiger partial charge in [-0.1, -0.05) is 30.3 Å². The molecule has 0 aliphatic heterocycles. The van der Waals surface area contributed by atoms with Crippen molar-refractivity contribution in [3.63, 3.8) is 0 Å². The molecule has 1 aromatic carbocycles. The maximum atomic E-state index is 5.89. The van der Waals surface area contributed by atoms with E-state index in [0.717, 1.165) is 12.5 Å². The van der Waals surface area contributed by atoms with Gasteiger partial charge in [0.15, 0.2) is 0 Å². The van der Waals surface area contributed by atoms with Crippen molar-refractivity contribution < 1.29 is 0 Å². The number of hydrogen-bond donors (Lipinski definition) is 1. The summed E-state index contributed by atoms with van der Waals surface area (Å²) in [6.07, 6.45) is 4.69. The van der Waals surface area contributed by atoms with E-state index in [2.05, 4.69) is 41.6 Å². The van der Waals surface area contributed by atoms with Gasteiger partial charge < -0.3 is 5.73 Å². The lowest BCUT2D eigenvalue weighted by Gasteiger charge is -2.15. The van der Waals surface area contributed by atoms with Crippen LogP contribution >= 0.6 is 0 Å². The molecular formula is C15H19N3. The minimum absolute atomic E-state index is 0.346. The second-order valence-corrected chi connectivity index (χ2v) is 5.08. The molecule has 1 heterocycles. The highest BCUT2D eigenvalue weighted by Gasteiger charge is 2.25. The first-order valence-corrected chi connectivity index (χ1v) is 6.65. The molecule has 0 bridgehead atoms. The highest BCUT2D eigenvalue weighted by Crippen LogP contribution is 2.38. The van der Waals surface area contributed by atoms with Gasteiger partial charge in [0.05, 0.1) is 5.69 Å². The molecule has 0 saturated heterocycles. The van der Waals surface area contributed by atoms with Crippen molar-refractivity contribution in [2.24, 2.45) is 5.73 Å². The van der Waals surface area contributed by atoms with Crippen LogP contribution in [0.25, 0.3) is 0 Å². The first-order chi connectivity index (χ1) is 8.86. The van der Waals surface area contributed by atoms with Crippen LogP contribution in [0, 0.1) is 0 Å². The standard InChI is InChI=1S/C15H19N3/c16-10-14(12-4-2-1-3-5-12)11-18-9-8-15(17-18)13-6-7-13/h1-5,8-9,13-14H,6-7,10-11,16H2. The van der Waals surface area contributed by atoms with Gasteiger partial charge in [-0.05, 0) is 24.5 Å². The third kappa shape index (κ3) is 2.46. The summed E-state index contributed by atoms with van der Waals surface area (Å²) in [7, 11) is 0. The van der Waals surface area contributed by atoms with Crippen molar-refractivity contribution in [1.82, 2.24) is 9.78 Å². The monoisotopic (exact) mass is 241 g/mol. The van der Waals surface area contributed by atoms with Crippen LogP contribution in [-0.4, -0.2) is 16.3 Å². The fourth-order valence-corrected chi connectivity index (χ4v) is 2.34. The molecular weight excluding hydrogens is 222 g/mol. The van der Waals surface area contributed by atoms with Crippen molar-refractivity contribution in [2.75, 3.05) is 6.54 Å². The zero-order chi connectivity index (χ0) is 12.4. The van der Waals surface area contributed by atoms with Crippen LogP contribution in [0.15, 0.2) is 42.6 Å². The lowest BCUT2D eigenvalue weighted by molar-refractivity contribution is 0.517. The summed E-state index contributed by atoms with van der Waals surface area (Å²) in [5.41, 5.74) is 8.43.